The Bertz CT molecular complexity index is 274. The van der Waals surface area contributed by atoms with Gasteiger partial charge < -0.3 is 21.1 Å². The third-order valence-electron chi connectivity index (χ3n) is 1.98. The maximum absolute atomic E-state index is 10.6. The molecule has 0 radical (unpaired) electrons. The molecule has 0 aliphatic rings. The minimum absolute atomic E-state index is 0.279. The van der Waals surface area contributed by atoms with Crippen molar-refractivity contribution in [3.05, 3.63) is 0 Å². The van der Waals surface area contributed by atoms with Gasteiger partial charge in [0.15, 0.2) is 0 Å². The molecule has 0 heterocycles. The van der Waals surface area contributed by atoms with Crippen molar-refractivity contribution >= 4 is 17.9 Å². The minimum Gasteiger partial charge on any atom is -0.481 e. The van der Waals surface area contributed by atoms with Crippen LogP contribution in [0, 0.1) is 0 Å². The van der Waals surface area contributed by atoms with Crippen molar-refractivity contribution in [2.75, 3.05) is 13.1 Å². The lowest BCUT2D eigenvalue weighted by Gasteiger charge is -2.30. The number of carbonyl (C=O) groups is 3. The van der Waals surface area contributed by atoms with Crippen LogP contribution >= 0.6 is 0 Å². The van der Waals surface area contributed by atoms with Crippen LogP contribution in [0.5, 0.6) is 0 Å². The number of rotatable bonds is 8. The van der Waals surface area contributed by atoms with Crippen LogP contribution in [0.1, 0.15) is 12.8 Å². The van der Waals surface area contributed by atoms with Gasteiger partial charge in [-0.25, -0.2) is 0 Å². The first-order valence-electron chi connectivity index (χ1n) is 4.42. The van der Waals surface area contributed by atoms with Crippen LogP contribution in [0.4, 0.5) is 0 Å². The Morgan fingerprint density at radius 1 is 1.00 bits per heavy atom. The zero-order chi connectivity index (χ0) is 12.8. The maximum atomic E-state index is 10.6. The fraction of sp³-hybridized carbons (Fsp3) is 0.625. The third kappa shape index (κ3) is 5.27. The predicted octanol–water partition coefficient (Wildman–Crippen LogP) is -1.69. The molecule has 0 rings (SSSR count). The van der Waals surface area contributed by atoms with E-state index >= 15 is 0 Å². The number of aliphatic carboxylic acids is 3. The summed E-state index contributed by atoms with van der Waals surface area (Å²) in [6, 6.07) is 0. The lowest BCUT2D eigenvalue weighted by atomic mass is 9.91. The molecule has 92 valence electrons. The van der Waals surface area contributed by atoms with Gasteiger partial charge in [0.2, 0.25) is 0 Å². The molecule has 0 aliphatic heterocycles. The summed E-state index contributed by atoms with van der Waals surface area (Å²) in [5.41, 5.74) is 3.87. The average Bonchev–Trinajstić information content (AvgIpc) is 2.12. The van der Waals surface area contributed by atoms with Crippen molar-refractivity contribution in [2.24, 2.45) is 5.73 Å². The van der Waals surface area contributed by atoms with Gasteiger partial charge in [0.25, 0.3) is 0 Å². The number of hydrogen-bond donors (Lipinski definition) is 5. The smallest absolute Gasteiger partial charge is 0.317 e. The SMILES string of the molecule is NCC(CC(=O)O)(CC(=O)O)NCC(=O)O. The second-order valence-electron chi connectivity index (χ2n) is 3.37. The van der Waals surface area contributed by atoms with Crippen LogP contribution in [0.15, 0.2) is 0 Å². The topological polar surface area (TPSA) is 150 Å². The first kappa shape index (κ1) is 14.3. The second kappa shape index (κ2) is 6.03. The fourth-order valence-corrected chi connectivity index (χ4v) is 1.25. The van der Waals surface area contributed by atoms with Gasteiger partial charge in [-0.2, -0.15) is 0 Å². The highest BCUT2D eigenvalue weighted by molar-refractivity contribution is 5.74. The Morgan fingerprint density at radius 3 is 1.69 bits per heavy atom. The van der Waals surface area contributed by atoms with Gasteiger partial charge >= 0.3 is 17.9 Å². The fourth-order valence-electron chi connectivity index (χ4n) is 1.25. The van der Waals surface area contributed by atoms with E-state index in [0.717, 1.165) is 0 Å². The van der Waals surface area contributed by atoms with Crippen molar-refractivity contribution in [1.82, 2.24) is 5.32 Å². The Balaban J connectivity index is 4.72. The third-order valence-corrected chi connectivity index (χ3v) is 1.98. The minimum atomic E-state index is -1.43. The van der Waals surface area contributed by atoms with Gasteiger partial charge in [0.1, 0.15) is 0 Å². The van der Waals surface area contributed by atoms with Crippen molar-refractivity contribution < 1.29 is 29.7 Å². The van der Waals surface area contributed by atoms with Gasteiger partial charge in [0.05, 0.1) is 24.9 Å². The predicted molar refractivity (Wildman–Crippen MR) is 51.9 cm³/mol. The molecule has 0 aromatic rings. The number of carboxylic acid groups (broad SMARTS) is 3. The highest BCUT2D eigenvalue weighted by Gasteiger charge is 2.34. The van der Waals surface area contributed by atoms with E-state index in [0.29, 0.717) is 0 Å². The zero-order valence-corrected chi connectivity index (χ0v) is 8.47. The molecule has 0 aromatic carbocycles. The van der Waals surface area contributed by atoms with E-state index in [1.807, 2.05) is 0 Å². The first-order chi connectivity index (χ1) is 7.31. The van der Waals surface area contributed by atoms with E-state index < -0.39 is 42.8 Å². The molecule has 0 aromatic heterocycles. The van der Waals surface area contributed by atoms with Gasteiger partial charge in [-0.3, -0.25) is 19.7 Å². The largest absolute Gasteiger partial charge is 0.481 e. The normalized spacial score (nSPS) is 11.1. The van der Waals surface area contributed by atoms with E-state index in [-0.39, 0.29) is 6.54 Å². The number of carboxylic acids is 3. The van der Waals surface area contributed by atoms with Gasteiger partial charge in [0, 0.05) is 6.54 Å². The molecule has 0 unspecified atom stereocenters. The summed E-state index contributed by atoms with van der Waals surface area (Å²) in [6.07, 6.45) is -1.11. The van der Waals surface area contributed by atoms with Crippen LogP contribution in [-0.4, -0.2) is 51.9 Å². The highest BCUT2D eigenvalue weighted by atomic mass is 16.4. The summed E-state index contributed by atoms with van der Waals surface area (Å²) >= 11 is 0. The molecule has 8 heteroatoms. The number of nitrogens with one attached hydrogen (secondary N) is 1. The number of hydrogen-bond acceptors (Lipinski definition) is 5. The molecular weight excluding hydrogens is 220 g/mol. The number of nitrogens with two attached hydrogens (primary N) is 1. The summed E-state index contributed by atoms with van der Waals surface area (Å²) in [4.78, 5) is 31.5. The van der Waals surface area contributed by atoms with Crippen LogP contribution < -0.4 is 11.1 Å². The van der Waals surface area contributed by atoms with Crippen LogP contribution in [0.3, 0.4) is 0 Å². The van der Waals surface area contributed by atoms with E-state index in [1.54, 1.807) is 0 Å². The standard InChI is InChI=1S/C8H14N2O6/c9-4-8(1-5(11)12,2-6(13)14)10-3-7(15)16/h10H,1-4,9H2,(H,11,12)(H,13,14)(H,15,16). The first-order valence-corrected chi connectivity index (χ1v) is 4.42. The Kier molecular flexibility index (Phi) is 5.40. The molecule has 0 aliphatic carbocycles. The highest BCUT2D eigenvalue weighted by Crippen LogP contribution is 2.14. The lowest BCUT2D eigenvalue weighted by Crippen LogP contribution is -2.55. The average molecular weight is 234 g/mol. The monoisotopic (exact) mass is 234 g/mol. The van der Waals surface area contributed by atoms with Gasteiger partial charge in [-0.1, -0.05) is 0 Å². The molecule has 6 N–H and O–H groups in total. The summed E-state index contributed by atoms with van der Waals surface area (Å²) in [5, 5.41) is 28.0. The van der Waals surface area contributed by atoms with E-state index in [1.165, 1.54) is 0 Å². The lowest BCUT2D eigenvalue weighted by molar-refractivity contribution is -0.143. The Morgan fingerprint density at radius 2 is 1.44 bits per heavy atom. The van der Waals surface area contributed by atoms with Gasteiger partial charge in [-0.15, -0.1) is 0 Å². The summed E-state index contributed by atoms with van der Waals surface area (Å²) < 4.78 is 0. The Hall–Kier alpha value is -1.67. The molecule has 8 nitrogen and oxygen atoms in total. The van der Waals surface area contributed by atoms with Crippen molar-refractivity contribution in [3.8, 4) is 0 Å². The molecular formula is C8H14N2O6. The zero-order valence-electron chi connectivity index (χ0n) is 8.47. The van der Waals surface area contributed by atoms with E-state index in [4.69, 9.17) is 21.1 Å². The van der Waals surface area contributed by atoms with Crippen molar-refractivity contribution in [3.63, 3.8) is 0 Å². The molecule has 0 atom stereocenters. The molecule has 0 spiro atoms. The van der Waals surface area contributed by atoms with Gasteiger partial charge in [-0.05, 0) is 0 Å². The van der Waals surface area contributed by atoms with Crippen molar-refractivity contribution in [2.45, 2.75) is 18.4 Å². The summed E-state index contributed by atoms with van der Waals surface area (Å²) in [5.74, 6) is -3.71. The van der Waals surface area contributed by atoms with Crippen molar-refractivity contribution in [1.29, 1.82) is 0 Å². The molecule has 0 fully saturated rings. The Labute approximate surface area is 91.1 Å². The molecule has 16 heavy (non-hydrogen) atoms. The maximum Gasteiger partial charge on any atom is 0.317 e. The summed E-state index contributed by atoms with van der Waals surface area (Å²) in [7, 11) is 0. The molecule has 0 saturated carbocycles. The molecule has 0 amide bonds. The summed E-state index contributed by atoms with van der Waals surface area (Å²) in [6.45, 7) is -0.823. The molecule has 0 bridgehead atoms. The van der Waals surface area contributed by atoms with E-state index in [9.17, 15) is 14.4 Å². The van der Waals surface area contributed by atoms with Crippen LogP contribution in [0.25, 0.3) is 0 Å². The second-order valence-corrected chi connectivity index (χ2v) is 3.37. The van der Waals surface area contributed by atoms with E-state index in [2.05, 4.69) is 5.32 Å². The molecule has 0 saturated heterocycles. The van der Waals surface area contributed by atoms with Crippen LogP contribution in [-0.2, 0) is 14.4 Å². The van der Waals surface area contributed by atoms with Crippen LogP contribution in [0.2, 0.25) is 0 Å². The quantitative estimate of drug-likeness (QED) is 0.333.